The Labute approximate surface area is 182 Å². The summed E-state index contributed by atoms with van der Waals surface area (Å²) < 4.78 is 39.5. The Morgan fingerprint density at radius 1 is 0.968 bits per heavy atom. The van der Waals surface area contributed by atoms with Crippen LogP contribution in [0.25, 0.3) is 10.9 Å². The number of aromatic nitrogens is 1. The lowest BCUT2D eigenvalue weighted by molar-refractivity contribution is 0.169. The lowest BCUT2D eigenvalue weighted by atomic mass is 10.1. The largest absolute Gasteiger partial charge is 0.486 e. The summed E-state index contributed by atoms with van der Waals surface area (Å²) >= 11 is 0. The fourth-order valence-electron chi connectivity index (χ4n) is 4.16. The predicted octanol–water partition coefficient (Wildman–Crippen LogP) is 2.82. The van der Waals surface area contributed by atoms with Gasteiger partial charge in [-0.2, -0.15) is 4.31 Å². The molecule has 0 spiro atoms. The molecule has 0 atom stereocenters. The highest BCUT2D eigenvalue weighted by Crippen LogP contribution is 2.31. The summed E-state index contributed by atoms with van der Waals surface area (Å²) in [7, 11) is -3.60. The van der Waals surface area contributed by atoms with Crippen molar-refractivity contribution in [2.24, 2.45) is 0 Å². The van der Waals surface area contributed by atoms with Crippen molar-refractivity contribution >= 4 is 20.9 Å². The molecule has 7 nitrogen and oxygen atoms in total. The molecule has 0 bridgehead atoms. The smallest absolute Gasteiger partial charge is 0.245 e. The van der Waals surface area contributed by atoms with Crippen LogP contribution in [0.2, 0.25) is 0 Å². The molecule has 31 heavy (non-hydrogen) atoms. The van der Waals surface area contributed by atoms with Gasteiger partial charge < -0.3 is 9.47 Å². The third-order valence-corrected chi connectivity index (χ3v) is 7.70. The van der Waals surface area contributed by atoms with Gasteiger partial charge >= 0.3 is 0 Å². The zero-order valence-corrected chi connectivity index (χ0v) is 18.3. The number of hydrogen-bond acceptors (Lipinski definition) is 6. The van der Waals surface area contributed by atoms with Crippen molar-refractivity contribution in [2.45, 2.75) is 18.4 Å². The second-order valence-electron chi connectivity index (χ2n) is 8.00. The first kappa shape index (κ1) is 20.2. The maximum Gasteiger partial charge on any atom is 0.245 e. The molecule has 5 rings (SSSR count). The van der Waals surface area contributed by atoms with E-state index >= 15 is 0 Å². The average Bonchev–Trinajstić information content (AvgIpc) is 2.79. The molecule has 0 N–H and O–H groups in total. The fourth-order valence-corrected chi connectivity index (χ4v) is 5.75. The first-order valence-corrected chi connectivity index (χ1v) is 11.9. The third kappa shape index (κ3) is 3.98. The number of hydrogen-bond donors (Lipinski definition) is 0. The highest BCUT2D eigenvalue weighted by Gasteiger charge is 2.30. The van der Waals surface area contributed by atoms with E-state index in [1.807, 2.05) is 37.3 Å². The molecule has 162 valence electrons. The molecule has 0 unspecified atom stereocenters. The van der Waals surface area contributed by atoms with Crippen molar-refractivity contribution in [3.05, 3.63) is 59.8 Å². The molecule has 2 aromatic carbocycles. The number of rotatable bonds is 4. The summed E-state index contributed by atoms with van der Waals surface area (Å²) in [6.45, 7) is 6.10. The SMILES string of the molecule is Cc1cnc2c(S(=O)(=O)N3CCN(Cc4ccc5c(c4)OCCO5)CC3)cccc2c1. The first-order chi connectivity index (χ1) is 15.0. The van der Waals surface area contributed by atoms with Crippen LogP contribution in [0.5, 0.6) is 11.5 Å². The minimum Gasteiger partial charge on any atom is -0.486 e. The van der Waals surface area contributed by atoms with E-state index in [4.69, 9.17) is 9.47 Å². The van der Waals surface area contributed by atoms with E-state index < -0.39 is 10.0 Å². The zero-order valence-electron chi connectivity index (χ0n) is 17.5. The van der Waals surface area contributed by atoms with Gasteiger partial charge in [0.05, 0.1) is 5.52 Å². The number of nitrogens with zero attached hydrogens (tertiary/aromatic N) is 3. The van der Waals surface area contributed by atoms with E-state index in [0.717, 1.165) is 34.6 Å². The molecule has 2 aliphatic heterocycles. The Morgan fingerprint density at radius 3 is 2.55 bits per heavy atom. The number of fused-ring (bicyclic) bond motifs is 2. The van der Waals surface area contributed by atoms with E-state index in [1.165, 1.54) is 0 Å². The Bertz CT molecular complexity index is 1220. The Hall–Kier alpha value is -2.68. The van der Waals surface area contributed by atoms with Gasteiger partial charge in [-0.25, -0.2) is 8.42 Å². The van der Waals surface area contributed by atoms with Crippen molar-refractivity contribution < 1.29 is 17.9 Å². The summed E-state index contributed by atoms with van der Waals surface area (Å²) in [4.78, 5) is 6.96. The molecule has 0 amide bonds. The van der Waals surface area contributed by atoms with Crippen molar-refractivity contribution in [1.29, 1.82) is 0 Å². The van der Waals surface area contributed by atoms with Crippen LogP contribution in [0.15, 0.2) is 53.6 Å². The molecular weight excluding hydrogens is 414 g/mol. The van der Waals surface area contributed by atoms with Gasteiger partial charge in [-0.3, -0.25) is 9.88 Å². The Kier molecular flexibility index (Phi) is 5.29. The van der Waals surface area contributed by atoms with Crippen LogP contribution in [-0.4, -0.2) is 62.0 Å². The monoisotopic (exact) mass is 439 g/mol. The van der Waals surface area contributed by atoms with Gasteiger partial charge in [0, 0.05) is 44.3 Å². The van der Waals surface area contributed by atoms with Gasteiger partial charge in [-0.05, 0) is 42.3 Å². The lowest BCUT2D eigenvalue weighted by Gasteiger charge is -2.34. The number of piperazine rings is 1. The highest BCUT2D eigenvalue weighted by molar-refractivity contribution is 7.89. The summed E-state index contributed by atoms with van der Waals surface area (Å²) in [6.07, 6.45) is 1.71. The van der Waals surface area contributed by atoms with E-state index in [9.17, 15) is 8.42 Å². The number of sulfonamides is 1. The molecule has 0 aliphatic carbocycles. The van der Waals surface area contributed by atoms with Crippen molar-refractivity contribution in [3.8, 4) is 11.5 Å². The molecular formula is C23H25N3O4S. The van der Waals surface area contributed by atoms with E-state index in [0.29, 0.717) is 44.9 Å². The maximum absolute atomic E-state index is 13.3. The molecule has 0 radical (unpaired) electrons. The van der Waals surface area contributed by atoms with Crippen LogP contribution in [0.1, 0.15) is 11.1 Å². The molecule has 8 heteroatoms. The lowest BCUT2D eigenvalue weighted by Crippen LogP contribution is -2.48. The van der Waals surface area contributed by atoms with Gasteiger partial charge in [0.25, 0.3) is 0 Å². The summed E-state index contributed by atoms with van der Waals surface area (Å²) in [5, 5.41) is 0.846. The maximum atomic E-state index is 13.3. The van der Waals surface area contributed by atoms with Crippen LogP contribution < -0.4 is 9.47 Å². The minimum absolute atomic E-state index is 0.283. The summed E-state index contributed by atoms with van der Waals surface area (Å²) in [5.41, 5.74) is 2.68. The van der Waals surface area contributed by atoms with Crippen molar-refractivity contribution in [1.82, 2.24) is 14.2 Å². The number of pyridine rings is 1. The minimum atomic E-state index is -3.60. The van der Waals surface area contributed by atoms with Crippen LogP contribution in [-0.2, 0) is 16.6 Å². The van der Waals surface area contributed by atoms with Gasteiger partial charge in [-0.15, -0.1) is 0 Å². The second-order valence-corrected chi connectivity index (χ2v) is 9.91. The number of ether oxygens (including phenoxy) is 2. The predicted molar refractivity (Wildman–Crippen MR) is 118 cm³/mol. The standard InChI is InChI=1S/C23H25N3O4S/c1-17-13-19-3-2-4-22(23(19)24-15-17)31(27,28)26-9-7-25(8-10-26)16-18-5-6-20-21(14-18)30-12-11-29-20/h2-6,13-15H,7-12,16H2,1H3. The first-order valence-electron chi connectivity index (χ1n) is 10.5. The van der Waals surface area contributed by atoms with Gasteiger partial charge in [0.1, 0.15) is 18.1 Å². The van der Waals surface area contributed by atoms with Crippen molar-refractivity contribution in [2.75, 3.05) is 39.4 Å². The van der Waals surface area contributed by atoms with E-state index in [1.54, 1.807) is 22.6 Å². The average molecular weight is 440 g/mol. The summed E-state index contributed by atoms with van der Waals surface area (Å²) in [6, 6.07) is 13.3. The number of benzene rings is 2. The number of para-hydroxylation sites is 1. The third-order valence-electron chi connectivity index (χ3n) is 5.77. The summed E-state index contributed by atoms with van der Waals surface area (Å²) in [5.74, 6) is 1.56. The normalized spacial score (nSPS) is 17.7. The molecule has 3 heterocycles. The Morgan fingerprint density at radius 2 is 1.74 bits per heavy atom. The molecule has 0 saturated carbocycles. The molecule has 1 saturated heterocycles. The Balaban J connectivity index is 1.29. The van der Waals surface area contributed by atoms with E-state index in [2.05, 4.69) is 9.88 Å². The van der Waals surface area contributed by atoms with Crippen molar-refractivity contribution in [3.63, 3.8) is 0 Å². The van der Waals surface area contributed by atoms with Crippen LogP contribution in [0.4, 0.5) is 0 Å². The van der Waals surface area contributed by atoms with Crippen LogP contribution in [0.3, 0.4) is 0 Å². The fraction of sp³-hybridized carbons (Fsp3) is 0.348. The molecule has 1 aromatic heterocycles. The van der Waals surface area contributed by atoms with Gasteiger partial charge in [-0.1, -0.05) is 18.2 Å². The quantitative estimate of drug-likeness (QED) is 0.623. The van der Waals surface area contributed by atoms with Crippen LogP contribution >= 0.6 is 0 Å². The van der Waals surface area contributed by atoms with Gasteiger partial charge in [0.15, 0.2) is 11.5 Å². The topological polar surface area (TPSA) is 72.0 Å². The molecule has 1 fully saturated rings. The van der Waals surface area contributed by atoms with Crippen LogP contribution in [0, 0.1) is 6.92 Å². The number of aryl methyl sites for hydroxylation is 1. The van der Waals surface area contributed by atoms with Gasteiger partial charge in [0.2, 0.25) is 10.0 Å². The van der Waals surface area contributed by atoms with E-state index in [-0.39, 0.29) is 4.90 Å². The highest BCUT2D eigenvalue weighted by atomic mass is 32.2. The zero-order chi connectivity index (χ0) is 21.4. The second kappa shape index (κ2) is 8.11. The molecule has 3 aromatic rings. The molecule has 2 aliphatic rings.